The maximum atomic E-state index is 14.1. The molecular formula is C16H17FN2O3S. The second kappa shape index (κ2) is 7.06. The molecule has 1 aliphatic heterocycles. The molecule has 1 aromatic heterocycles. The molecule has 0 aliphatic carbocycles. The average Bonchev–Trinajstić information content (AvgIpc) is 3.14. The van der Waals surface area contributed by atoms with E-state index in [1.165, 1.54) is 23.5 Å². The van der Waals surface area contributed by atoms with Crippen molar-refractivity contribution in [2.45, 2.75) is 32.3 Å². The largest absolute Gasteiger partial charge is 0.428 e. The third kappa shape index (κ3) is 4.27. The monoisotopic (exact) mass is 336 g/mol. The zero-order chi connectivity index (χ0) is 16.2. The van der Waals surface area contributed by atoms with Gasteiger partial charge in [-0.25, -0.2) is 9.37 Å². The van der Waals surface area contributed by atoms with Crippen molar-refractivity contribution in [1.82, 2.24) is 4.98 Å². The quantitative estimate of drug-likeness (QED) is 0.900. The van der Waals surface area contributed by atoms with E-state index >= 15 is 0 Å². The summed E-state index contributed by atoms with van der Waals surface area (Å²) in [5, 5.41) is 4.89. The molecule has 0 spiro atoms. The van der Waals surface area contributed by atoms with Crippen molar-refractivity contribution in [2.75, 3.05) is 11.9 Å². The highest BCUT2D eigenvalue weighted by Crippen LogP contribution is 2.29. The van der Waals surface area contributed by atoms with Crippen LogP contribution in [0, 0.1) is 12.7 Å². The molecule has 1 aromatic carbocycles. The highest BCUT2D eigenvalue weighted by molar-refractivity contribution is 7.11. The second-order valence-corrected chi connectivity index (χ2v) is 6.21. The van der Waals surface area contributed by atoms with Gasteiger partial charge in [0, 0.05) is 23.7 Å². The Hall–Kier alpha value is -1.99. The van der Waals surface area contributed by atoms with Gasteiger partial charge in [-0.1, -0.05) is 11.3 Å². The SMILES string of the molecule is Cc1csc(Oc2ccc(NC(=O)C[C@H]3CCCO3)cc2F)n1. The van der Waals surface area contributed by atoms with Crippen molar-refractivity contribution in [1.29, 1.82) is 0 Å². The molecule has 0 saturated carbocycles. The van der Waals surface area contributed by atoms with Gasteiger partial charge in [-0.2, -0.15) is 0 Å². The summed E-state index contributed by atoms with van der Waals surface area (Å²) in [4.78, 5) is 16.0. The third-order valence-electron chi connectivity index (χ3n) is 3.45. The predicted octanol–water partition coefficient (Wildman–Crippen LogP) is 3.89. The first-order valence-corrected chi connectivity index (χ1v) is 8.29. The van der Waals surface area contributed by atoms with Crippen LogP contribution in [0.25, 0.3) is 0 Å². The number of nitrogens with zero attached hydrogens (tertiary/aromatic N) is 1. The van der Waals surface area contributed by atoms with Crippen molar-refractivity contribution in [3.05, 3.63) is 35.1 Å². The Morgan fingerprint density at radius 3 is 3.09 bits per heavy atom. The summed E-state index contributed by atoms with van der Waals surface area (Å²) in [6.07, 6.45) is 2.13. The summed E-state index contributed by atoms with van der Waals surface area (Å²) in [7, 11) is 0. The molecule has 0 bridgehead atoms. The Kier molecular flexibility index (Phi) is 4.88. The number of carbonyl (C=O) groups is 1. The molecule has 0 radical (unpaired) electrons. The maximum Gasteiger partial charge on any atom is 0.278 e. The number of aryl methyl sites for hydroxylation is 1. The van der Waals surface area contributed by atoms with Gasteiger partial charge in [0.1, 0.15) is 0 Å². The molecule has 1 amide bonds. The van der Waals surface area contributed by atoms with Crippen LogP contribution in [0.2, 0.25) is 0 Å². The first-order chi connectivity index (χ1) is 11.1. The number of hydrogen-bond donors (Lipinski definition) is 1. The molecule has 5 nitrogen and oxygen atoms in total. The number of amides is 1. The van der Waals surface area contributed by atoms with Gasteiger partial charge in [-0.05, 0) is 31.9 Å². The second-order valence-electron chi connectivity index (χ2n) is 5.39. The van der Waals surface area contributed by atoms with E-state index in [4.69, 9.17) is 9.47 Å². The molecule has 1 saturated heterocycles. The minimum absolute atomic E-state index is 0.0319. The van der Waals surface area contributed by atoms with E-state index in [2.05, 4.69) is 10.3 Å². The number of aromatic nitrogens is 1. The summed E-state index contributed by atoms with van der Waals surface area (Å²) in [5.74, 6) is -0.648. The van der Waals surface area contributed by atoms with E-state index in [0.29, 0.717) is 17.5 Å². The lowest BCUT2D eigenvalue weighted by Crippen LogP contribution is -2.19. The van der Waals surface area contributed by atoms with Gasteiger partial charge in [-0.15, -0.1) is 0 Å². The Morgan fingerprint density at radius 2 is 2.43 bits per heavy atom. The molecular weight excluding hydrogens is 319 g/mol. The van der Waals surface area contributed by atoms with E-state index in [0.717, 1.165) is 18.5 Å². The fourth-order valence-corrected chi connectivity index (χ4v) is 3.02. The summed E-state index contributed by atoms with van der Waals surface area (Å²) < 4.78 is 24.9. The molecule has 23 heavy (non-hydrogen) atoms. The summed E-state index contributed by atoms with van der Waals surface area (Å²) >= 11 is 1.30. The number of hydrogen-bond acceptors (Lipinski definition) is 5. The van der Waals surface area contributed by atoms with Crippen LogP contribution < -0.4 is 10.1 Å². The van der Waals surface area contributed by atoms with Crippen molar-refractivity contribution < 1.29 is 18.7 Å². The number of halogens is 1. The van der Waals surface area contributed by atoms with Crippen molar-refractivity contribution in [3.8, 4) is 10.9 Å². The molecule has 1 aliphatic rings. The number of thiazole rings is 1. The average molecular weight is 336 g/mol. The van der Waals surface area contributed by atoms with Crippen LogP contribution >= 0.6 is 11.3 Å². The highest BCUT2D eigenvalue weighted by Gasteiger charge is 2.19. The Labute approximate surface area is 137 Å². The van der Waals surface area contributed by atoms with Gasteiger partial charge in [0.25, 0.3) is 5.19 Å². The lowest BCUT2D eigenvalue weighted by molar-refractivity contribution is -0.118. The standard InChI is InChI=1S/C16H17FN2O3S/c1-10-9-23-16(18-10)22-14-5-4-11(7-13(14)17)19-15(20)8-12-3-2-6-21-12/h4-5,7,9,12H,2-3,6,8H2,1H3,(H,19,20)/t12-/m1/s1. The van der Waals surface area contributed by atoms with Crippen LogP contribution in [0.15, 0.2) is 23.6 Å². The fraction of sp³-hybridized carbons (Fsp3) is 0.375. The molecule has 1 N–H and O–H groups in total. The molecule has 1 atom stereocenters. The maximum absolute atomic E-state index is 14.1. The van der Waals surface area contributed by atoms with E-state index < -0.39 is 5.82 Å². The molecule has 122 valence electrons. The Balaban J connectivity index is 1.60. The minimum Gasteiger partial charge on any atom is -0.428 e. The highest BCUT2D eigenvalue weighted by atomic mass is 32.1. The number of rotatable bonds is 5. The summed E-state index contributed by atoms with van der Waals surface area (Å²) in [6.45, 7) is 2.54. The van der Waals surface area contributed by atoms with Gasteiger partial charge in [-0.3, -0.25) is 4.79 Å². The normalized spacial score (nSPS) is 17.2. The fourth-order valence-electron chi connectivity index (χ4n) is 2.36. The molecule has 7 heteroatoms. The van der Waals surface area contributed by atoms with Gasteiger partial charge < -0.3 is 14.8 Å². The van der Waals surface area contributed by atoms with E-state index in [-0.39, 0.29) is 24.2 Å². The van der Waals surface area contributed by atoms with Crippen LogP contribution in [0.4, 0.5) is 10.1 Å². The predicted molar refractivity (Wildman–Crippen MR) is 85.5 cm³/mol. The van der Waals surface area contributed by atoms with E-state index in [9.17, 15) is 9.18 Å². The smallest absolute Gasteiger partial charge is 0.278 e. The molecule has 0 unspecified atom stereocenters. The lowest BCUT2D eigenvalue weighted by atomic mass is 10.1. The van der Waals surface area contributed by atoms with Crippen LogP contribution in [0.1, 0.15) is 25.0 Å². The first kappa shape index (κ1) is 15.9. The molecule has 1 fully saturated rings. The number of carbonyl (C=O) groups excluding carboxylic acids is 1. The van der Waals surface area contributed by atoms with Crippen molar-refractivity contribution in [2.24, 2.45) is 0 Å². The van der Waals surface area contributed by atoms with E-state index in [1.54, 1.807) is 6.07 Å². The first-order valence-electron chi connectivity index (χ1n) is 7.41. The zero-order valence-electron chi connectivity index (χ0n) is 12.7. The number of anilines is 1. The number of nitrogens with one attached hydrogen (secondary N) is 1. The van der Waals surface area contributed by atoms with Gasteiger partial charge in [0.2, 0.25) is 5.91 Å². The lowest BCUT2D eigenvalue weighted by Gasteiger charge is -2.10. The molecule has 3 rings (SSSR count). The van der Waals surface area contributed by atoms with Crippen LogP contribution in [0.3, 0.4) is 0 Å². The van der Waals surface area contributed by atoms with Gasteiger partial charge >= 0.3 is 0 Å². The third-order valence-corrected chi connectivity index (χ3v) is 4.28. The van der Waals surface area contributed by atoms with Gasteiger partial charge in [0.05, 0.1) is 18.2 Å². The van der Waals surface area contributed by atoms with Crippen molar-refractivity contribution in [3.63, 3.8) is 0 Å². The number of ether oxygens (including phenoxy) is 2. The van der Waals surface area contributed by atoms with E-state index in [1.807, 2.05) is 12.3 Å². The summed E-state index contributed by atoms with van der Waals surface area (Å²) in [5.41, 5.74) is 1.22. The topological polar surface area (TPSA) is 60.5 Å². The van der Waals surface area contributed by atoms with Crippen LogP contribution in [-0.2, 0) is 9.53 Å². The number of benzene rings is 1. The van der Waals surface area contributed by atoms with Crippen LogP contribution in [0.5, 0.6) is 10.9 Å². The summed E-state index contributed by atoms with van der Waals surface area (Å²) in [6, 6.07) is 4.32. The van der Waals surface area contributed by atoms with Gasteiger partial charge in [0.15, 0.2) is 11.6 Å². The Morgan fingerprint density at radius 1 is 1.57 bits per heavy atom. The minimum atomic E-state index is -0.548. The van der Waals surface area contributed by atoms with Crippen LogP contribution in [-0.4, -0.2) is 23.6 Å². The molecule has 2 heterocycles. The van der Waals surface area contributed by atoms with Crippen molar-refractivity contribution >= 4 is 22.9 Å². The zero-order valence-corrected chi connectivity index (χ0v) is 13.5. The molecule has 2 aromatic rings. The Bertz CT molecular complexity index is 698.